The predicted molar refractivity (Wildman–Crippen MR) is 77.4 cm³/mol. The molecular weight excluding hydrogens is 280 g/mol. The molecule has 7 heteroatoms. The molecule has 0 bridgehead atoms. The first-order valence-corrected chi connectivity index (χ1v) is 8.30. The highest BCUT2D eigenvalue weighted by molar-refractivity contribution is 7.92. The van der Waals surface area contributed by atoms with Crippen LogP contribution < -0.4 is 9.62 Å². The Labute approximate surface area is 118 Å². The van der Waals surface area contributed by atoms with Crippen molar-refractivity contribution in [2.24, 2.45) is 0 Å². The van der Waals surface area contributed by atoms with Crippen molar-refractivity contribution in [3.8, 4) is 0 Å². The van der Waals surface area contributed by atoms with Gasteiger partial charge in [0.25, 0.3) is 0 Å². The molecule has 6 nitrogen and oxygen atoms in total. The van der Waals surface area contributed by atoms with Gasteiger partial charge in [-0.15, -0.1) is 0 Å². The van der Waals surface area contributed by atoms with E-state index < -0.39 is 16.1 Å². The van der Waals surface area contributed by atoms with Gasteiger partial charge in [-0.2, -0.15) is 0 Å². The van der Waals surface area contributed by atoms with Gasteiger partial charge in [0.05, 0.1) is 24.2 Å². The van der Waals surface area contributed by atoms with Crippen molar-refractivity contribution in [3.63, 3.8) is 0 Å². The van der Waals surface area contributed by atoms with Crippen molar-refractivity contribution in [1.82, 2.24) is 0 Å². The second-order valence-electron chi connectivity index (χ2n) is 4.65. The van der Waals surface area contributed by atoms with Gasteiger partial charge in [0.15, 0.2) is 0 Å². The maximum Gasteiger partial charge on any atom is 0.411 e. The highest BCUT2D eigenvalue weighted by Crippen LogP contribution is 2.37. The van der Waals surface area contributed by atoms with Gasteiger partial charge in [-0.25, -0.2) is 13.2 Å². The fourth-order valence-electron chi connectivity index (χ4n) is 2.00. The van der Waals surface area contributed by atoms with Crippen molar-refractivity contribution in [1.29, 1.82) is 0 Å². The summed E-state index contributed by atoms with van der Waals surface area (Å²) in [7, 11) is -3.38. The lowest BCUT2D eigenvalue weighted by atomic mass is 10.2. The van der Waals surface area contributed by atoms with E-state index >= 15 is 0 Å². The first-order chi connectivity index (χ1) is 9.43. The number of hydrogen-bond acceptors (Lipinski definition) is 4. The predicted octanol–water partition coefficient (Wildman–Crippen LogP) is 2.18. The Bertz CT molecular complexity index is 596. The minimum absolute atomic E-state index is 0.0184. The van der Waals surface area contributed by atoms with E-state index in [0.717, 1.165) is 12.8 Å². The van der Waals surface area contributed by atoms with Crippen LogP contribution in [0, 0.1) is 0 Å². The molecule has 1 N–H and O–H groups in total. The minimum Gasteiger partial charge on any atom is -0.450 e. The third-order valence-electron chi connectivity index (χ3n) is 2.89. The van der Waals surface area contributed by atoms with Gasteiger partial charge >= 0.3 is 6.09 Å². The number of carbonyl (C=O) groups is 1. The first kappa shape index (κ1) is 14.6. The number of hydrogen-bond donors (Lipinski definition) is 1. The Morgan fingerprint density at radius 3 is 2.60 bits per heavy atom. The number of carbonyl (C=O) groups excluding carboxylic acids is 1. The molecule has 20 heavy (non-hydrogen) atoms. The third kappa shape index (κ3) is 3.41. The summed E-state index contributed by atoms with van der Waals surface area (Å²) in [5.74, 6) is 0. The van der Waals surface area contributed by atoms with Crippen molar-refractivity contribution in [3.05, 3.63) is 24.3 Å². The van der Waals surface area contributed by atoms with Crippen molar-refractivity contribution >= 4 is 27.5 Å². The lowest BCUT2D eigenvalue weighted by Crippen LogP contribution is -2.33. The summed E-state index contributed by atoms with van der Waals surface area (Å²) >= 11 is 0. The number of anilines is 2. The summed E-state index contributed by atoms with van der Waals surface area (Å²) in [6.07, 6.45) is 2.25. The smallest absolute Gasteiger partial charge is 0.411 e. The van der Waals surface area contributed by atoms with Crippen molar-refractivity contribution in [2.45, 2.75) is 25.8 Å². The Morgan fingerprint density at radius 1 is 1.40 bits per heavy atom. The van der Waals surface area contributed by atoms with Gasteiger partial charge in [0.1, 0.15) is 0 Å². The SMILES string of the molecule is CCOC(=O)Nc1ccccc1N(C1CC1)S(C)(=O)=O. The van der Waals surface area contributed by atoms with E-state index in [1.54, 1.807) is 31.2 Å². The first-order valence-electron chi connectivity index (χ1n) is 6.45. The highest BCUT2D eigenvalue weighted by atomic mass is 32.2. The van der Waals surface area contributed by atoms with Crippen LogP contribution in [0.4, 0.5) is 16.2 Å². The Hall–Kier alpha value is -1.76. The van der Waals surface area contributed by atoms with Crippen LogP contribution in [0.3, 0.4) is 0 Å². The summed E-state index contributed by atoms with van der Waals surface area (Å²) in [6, 6.07) is 6.80. The number of nitrogens with one attached hydrogen (secondary N) is 1. The molecule has 1 aromatic rings. The molecule has 110 valence electrons. The maximum absolute atomic E-state index is 12.0. The molecule has 1 aliphatic rings. The third-order valence-corrected chi connectivity index (χ3v) is 4.10. The second-order valence-corrected chi connectivity index (χ2v) is 6.51. The standard InChI is InChI=1S/C13H18N2O4S/c1-3-19-13(16)14-11-6-4-5-7-12(11)15(10-8-9-10)20(2,17)18/h4-7,10H,3,8-9H2,1-2H3,(H,14,16). The fraction of sp³-hybridized carbons (Fsp3) is 0.462. The molecule has 1 fully saturated rings. The van der Waals surface area contributed by atoms with E-state index in [-0.39, 0.29) is 12.6 Å². The van der Waals surface area contributed by atoms with Crippen molar-refractivity contribution < 1.29 is 17.9 Å². The number of nitrogens with zero attached hydrogens (tertiary/aromatic N) is 1. The van der Waals surface area contributed by atoms with Crippen LogP contribution >= 0.6 is 0 Å². The normalized spacial score (nSPS) is 14.7. The highest BCUT2D eigenvalue weighted by Gasteiger charge is 2.36. The van der Waals surface area contributed by atoms with Gasteiger partial charge in [-0.1, -0.05) is 12.1 Å². The van der Waals surface area contributed by atoms with Crippen LogP contribution in [-0.2, 0) is 14.8 Å². The molecule has 1 aromatic carbocycles. The van der Waals surface area contributed by atoms with E-state index in [1.165, 1.54) is 10.6 Å². The summed E-state index contributed by atoms with van der Waals surface area (Å²) in [6.45, 7) is 1.96. The average molecular weight is 298 g/mol. The molecule has 1 aliphatic carbocycles. The van der Waals surface area contributed by atoms with Crippen LogP contribution in [0.15, 0.2) is 24.3 Å². The monoisotopic (exact) mass is 298 g/mol. The zero-order valence-electron chi connectivity index (χ0n) is 11.5. The molecule has 1 saturated carbocycles. The largest absolute Gasteiger partial charge is 0.450 e. The minimum atomic E-state index is -3.38. The molecule has 0 radical (unpaired) electrons. The second kappa shape index (κ2) is 5.70. The zero-order chi connectivity index (χ0) is 14.8. The van der Waals surface area contributed by atoms with Gasteiger partial charge in [-0.3, -0.25) is 9.62 Å². The Kier molecular flexibility index (Phi) is 4.17. The summed E-state index contributed by atoms with van der Waals surface area (Å²) in [5, 5.41) is 2.58. The summed E-state index contributed by atoms with van der Waals surface area (Å²) in [4.78, 5) is 11.5. The molecule has 0 heterocycles. The van der Waals surface area contributed by atoms with E-state index in [4.69, 9.17) is 4.74 Å². The Balaban J connectivity index is 2.33. The van der Waals surface area contributed by atoms with E-state index in [0.29, 0.717) is 11.4 Å². The quantitative estimate of drug-likeness (QED) is 0.904. The number of para-hydroxylation sites is 2. The maximum atomic E-state index is 12.0. The molecule has 0 spiro atoms. The van der Waals surface area contributed by atoms with E-state index in [9.17, 15) is 13.2 Å². The van der Waals surface area contributed by atoms with Gasteiger partial charge < -0.3 is 4.74 Å². The van der Waals surface area contributed by atoms with Crippen LogP contribution in [0.1, 0.15) is 19.8 Å². The zero-order valence-corrected chi connectivity index (χ0v) is 12.3. The van der Waals surface area contributed by atoms with Gasteiger partial charge in [0.2, 0.25) is 10.0 Å². The average Bonchev–Trinajstić information content (AvgIpc) is 3.14. The number of benzene rings is 1. The Morgan fingerprint density at radius 2 is 2.05 bits per heavy atom. The molecule has 0 aromatic heterocycles. The van der Waals surface area contributed by atoms with Crippen molar-refractivity contribution in [2.75, 3.05) is 22.5 Å². The number of sulfonamides is 1. The van der Waals surface area contributed by atoms with Crippen LogP contribution in [0.5, 0.6) is 0 Å². The van der Waals surface area contributed by atoms with Crippen LogP contribution in [-0.4, -0.2) is 33.4 Å². The lowest BCUT2D eigenvalue weighted by molar-refractivity contribution is 0.168. The molecule has 0 aliphatic heterocycles. The molecular formula is C13H18N2O4S. The molecule has 0 atom stereocenters. The summed E-state index contributed by atoms with van der Waals surface area (Å²) in [5.41, 5.74) is 0.911. The fourth-order valence-corrected chi connectivity index (χ4v) is 3.27. The number of ether oxygens (including phenoxy) is 1. The number of rotatable bonds is 5. The molecule has 0 unspecified atom stereocenters. The topological polar surface area (TPSA) is 75.7 Å². The molecule has 2 rings (SSSR count). The van der Waals surface area contributed by atoms with Gasteiger partial charge in [-0.05, 0) is 31.9 Å². The molecule has 1 amide bonds. The summed E-state index contributed by atoms with van der Waals surface area (Å²) < 4.78 is 30.1. The van der Waals surface area contributed by atoms with Gasteiger partial charge in [0, 0.05) is 6.04 Å². The lowest BCUT2D eigenvalue weighted by Gasteiger charge is -2.24. The van der Waals surface area contributed by atoms with E-state index in [1.807, 2.05) is 0 Å². The number of amides is 1. The van der Waals surface area contributed by atoms with E-state index in [2.05, 4.69) is 5.32 Å². The van der Waals surface area contributed by atoms with Crippen LogP contribution in [0.25, 0.3) is 0 Å². The van der Waals surface area contributed by atoms with Crippen LogP contribution in [0.2, 0.25) is 0 Å². The molecule has 0 saturated heterocycles.